The van der Waals surface area contributed by atoms with Crippen LogP contribution >= 0.6 is 23.2 Å². The maximum Gasteiger partial charge on any atom is 0.161 e. The van der Waals surface area contributed by atoms with Gasteiger partial charge in [-0.3, -0.25) is 4.79 Å². The summed E-state index contributed by atoms with van der Waals surface area (Å²) in [5.41, 5.74) is 0.319. The molecule has 2 nitrogen and oxygen atoms in total. The number of phenols is 1. The number of ketones is 1. The van der Waals surface area contributed by atoms with Gasteiger partial charge in [0.2, 0.25) is 0 Å². The molecule has 4 heteroatoms. The van der Waals surface area contributed by atoms with Crippen LogP contribution in [0.1, 0.15) is 17.3 Å². The highest BCUT2D eigenvalue weighted by molar-refractivity contribution is 6.44. The largest absolute Gasteiger partial charge is 0.506 e. The summed E-state index contributed by atoms with van der Waals surface area (Å²) < 4.78 is 0. The molecule has 0 bridgehead atoms. The van der Waals surface area contributed by atoms with Crippen molar-refractivity contribution in [3.8, 4) is 5.75 Å². The topological polar surface area (TPSA) is 37.3 Å². The first-order valence-corrected chi connectivity index (χ1v) is 3.97. The molecule has 0 saturated heterocycles. The van der Waals surface area contributed by atoms with Crippen LogP contribution < -0.4 is 0 Å². The van der Waals surface area contributed by atoms with E-state index in [-0.39, 0.29) is 21.6 Å². The Morgan fingerprint density at radius 2 is 1.92 bits per heavy atom. The highest BCUT2D eigenvalue weighted by Crippen LogP contribution is 2.33. The van der Waals surface area contributed by atoms with Gasteiger partial charge in [-0.05, 0) is 19.1 Å². The van der Waals surface area contributed by atoms with E-state index in [0.717, 1.165) is 0 Å². The molecule has 64 valence electrons. The van der Waals surface area contributed by atoms with Crippen LogP contribution in [0.3, 0.4) is 0 Å². The van der Waals surface area contributed by atoms with E-state index >= 15 is 0 Å². The molecule has 0 heterocycles. The number of halogens is 2. The van der Waals surface area contributed by atoms with Gasteiger partial charge in [0.25, 0.3) is 0 Å². The molecule has 0 aliphatic rings. The Balaban J connectivity index is 3.36. The Kier molecular flexibility index (Phi) is 2.60. The van der Waals surface area contributed by atoms with Crippen LogP contribution in [-0.4, -0.2) is 10.9 Å². The smallest absolute Gasteiger partial charge is 0.161 e. The van der Waals surface area contributed by atoms with Crippen molar-refractivity contribution < 1.29 is 9.90 Å². The lowest BCUT2D eigenvalue weighted by Gasteiger charge is -2.02. The first-order chi connectivity index (χ1) is 5.54. The number of carbonyl (C=O) groups is 1. The first kappa shape index (κ1) is 9.36. The summed E-state index contributed by atoms with van der Waals surface area (Å²) in [6.45, 7) is 1.38. The number of carbonyl (C=O) groups excluding carboxylic acids is 1. The van der Waals surface area contributed by atoms with Gasteiger partial charge in [-0.1, -0.05) is 23.2 Å². The molecule has 1 rings (SSSR count). The Bertz CT molecular complexity index is 334. The van der Waals surface area contributed by atoms with Crippen molar-refractivity contribution in [3.63, 3.8) is 0 Å². The normalized spacial score (nSPS) is 9.92. The van der Waals surface area contributed by atoms with Crippen LogP contribution in [-0.2, 0) is 0 Å². The molecule has 0 fully saturated rings. The zero-order valence-corrected chi connectivity index (χ0v) is 7.78. The third-order valence-corrected chi connectivity index (χ3v) is 2.31. The Labute approximate surface area is 79.7 Å². The average molecular weight is 205 g/mol. The molecular formula is C8H6Cl2O2. The van der Waals surface area contributed by atoms with Crippen molar-refractivity contribution in [2.24, 2.45) is 0 Å². The summed E-state index contributed by atoms with van der Waals surface area (Å²) in [4.78, 5) is 10.9. The summed E-state index contributed by atoms with van der Waals surface area (Å²) in [6, 6.07) is 2.77. The third-order valence-electron chi connectivity index (χ3n) is 1.44. The Hall–Kier alpha value is -0.730. The maximum absolute atomic E-state index is 10.9. The van der Waals surface area contributed by atoms with Gasteiger partial charge in [-0.25, -0.2) is 0 Å². The van der Waals surface area contributed by atoms with Crippen LogP contribution in [0.2, 0.25) is 10.0 Å². The van der Waals surface area contributed by atoms with Crippen molar-refractivity contribution >= 4 is 29.0 Å². The molecule has 12 heavy (non-hydrogen) atoms. The van der Waals surface area contributed by atoms with Crippen molar-refractivity contribution in [2.45, 2.75) is 6.92 Å². The summed E-state index contributed by atoms with van der Waals surface area (Å²) in [5, 5.41) is 9.20. The molecule has 0 aliphatic heterocycles. The second-order valence-electron chi connectivity index (χ2n) is 2.32. The van der Waals surface area contributed by atoms with Gasteiger partial charge in [-0.15, -0.1) is 0 Å². The van der Waals surface area contributed by atoms with Crippen LogP contribution in [0.4, 0.5) is 0 Å². The standard InChI is InChI=1S/C8H6Cl2O2/c1-4(11)5-2-3-6(12)8(10)7(5)9/h2-3,12H,1H3. The highest BCUT2D eigenvalue weighted by Gasteiger charge is 2.11. The zero-order valence-electron chi connectivity index (χ0n) is 6.27. The van der Waals surface area contributed by atoms with Gasteiger partial charge in [0, 0.05) is 5.56 Å². The van der Waals surface area contributed by atoms with Gasteiger partial charge >= 0.3 is 0 Å². The predicted molar refractivity (Wildman–Crippen MR) is 48.1 cm³/mol. The SMILES string of the molecule is CC(=O)c1ccc(O)c(Cl)c1Cl. The Morgan fingerprint density at radius 3 is 2.42 bits per heavy atom. The van der Waals surface area contributed by atoms with Crippen LogP contribution in [0.25, 0.3) is 0 Å². The molecule has 0 saturated carbocycles. The molecule has 1 aromatic carbocycles. The van der Waals surface area contributed by atoms with E-state index < -0.39 is 0 Å². The minimum Gasteiger partial charge on any atom is -0.506 e. The molecule has 0 unspecified atom stereocenters. The Morgan fingerprint density at radius 1 is 1.33 bits per heavy atom. The summed E-state index contributed by atoms with van der Waals surface area (Å²) in [5.74, 6) is -0.298. The number of hydrogen-bond donors (Lipinski definition) is 1. The fraction of sp³-hybridized carbons (Fsp3) is 0.125. The zero-order chi connectivity index (χ0) is 9.30. The minimum atomic E-state index is -0.179. The number of rotatable bonds is 1. The van der Waals surface area contributed by atoms with Crippen molar-refractivity contribution in [3.05, 3.63) is 27.7 Å². The van der Waals surface area contributed by atoms with E-state index in [1.165, 1.54) is 19.1 Å². The van der Waals surface area contributed by atoms with Gasteiger partial charge in [0.15, 0.2) is 5.78 Å². The molecule has 0 aromatic heterocycles. The van der Waals surface area contributed by atoms with E-state index in [4.69, 9.17) is 28.3 Å². The maximum atomic E-state index is 10.9. The van der Waals surface area contributed by atoms with Gasteiger partial charge in [0.1, 0.15) is 10.8 Å². The second kappa shape index (κ2) is 3.33. The average Bonchev–Trinajstić information content (AvgIpc) is 2.00. The van der Waals surface area contributed by atoms with E-state index in [2.05, 4.69) is 0 Å². The van der Waals surface area contributed by atoms with E-state index in [9.17, 15) is 4.79 Å². The highest BCUT2D eigenvalue weighted by atomic mass is 35.5. The van der Waals surface area contributed by atoms with Crippen molar-refractivity contribution in [1.29, 1.82) is 0 Å². The molecule has 0 aliphatic carbocycles. The van der Waals surface area contributed by atoms with E-state index in [1.54, 1.807) is 0 Å². The van der Waals surface area contributed by atoms with Crippen LogP contribution in [0, 0.1) is 0 Å². The lowest BCUT2D eigenvalue weighted by molar-refractivity contribution is 0.101. The third kappa shape index (κ3) is 1.54. The summed E-state index contributed by atoms with van der Waals surface area (Å²) >= 11 is 11.3. The summed E-state index contributed by atoms with van der Waals surface area (Å²) in [7, 11) is 0. The quantitative estimate of drug-likeness (QED) is 0.715. The number of aromatic hydroxyl groups is 1. The molecule has 1 N–H and O–H groups in total. The monoisotopic (exact) mass is 204 g/mol. The number of Topliss-reactive ketones (excluding diaryl/α,β-unsaturated/α-hetero) is 1. The van der Waals surface area contributed by atoms with Gasteiger partial charge < -0.3 is 5.11 Å². The number of benzene rings is 1. The minimum absolute atomic E-state index is 0.0179. The molecule has 0 radical (unpaired) electrons. The van der Waals surface area contributed by atoms with E-state index in [0.29, 0.717) is 5.56 Å². The predicted octanol–water partition coefficient (Wildman–Crippen LogP) is 2.90. The van der Waals surface area contributed by atoms with Crippen molar-refractivity contribution in [2.75, 3.05) is 0 Å². The van der Waals surface area contributed by atoms with Crippen molar-refractivity contribution in [1.82, 2.24) is 0 Å². The summed E-state index contributed by atoms with van der Waals surface area (Å²) in [6.07, 6.45) is 0. The lowest BCUT2D eigenvalue weighted by atomic mass is 10.1. The molecule has 0 spiro atoms. The molecule has 0 amide bonds. The van der Waals surface area contributed by atoms with Crippen LogP contribution in [0.5, 0.6) is 5.75 Å². The lowest BCUT2D eigenvalue weighted by Crippen LogP contribution is -1.93. The first-order valence-electron chi connectivity index (χ1n) is 3.22. The fourth-order valence-corrected chi connectivity index (χ4v) is 1.27. The molecule has 0 atom stereocenters. The van der Waals surface area contributed by atoms with E-state index in [1.807, 2.05) is 0 Å². The second-order valence-corrected chi connectivity index (χ2v) is 3.07. The van der Waals surface area contributed by atoms with Gasteiger partial charge in [0.05, 0.1) is 5.02 Å². The van der Waals surface area contributed by atoms with Crippen LogP contribution in [0.15, 0.2) is 12.1 Å². The van der Waals surface area contributed by atoms with Gasteiger partial charge in [-0.2, -0.15) is 0 Å². The number of hydrogen-bond acceptors (Lipinski definition) is 2. The molecular weight excluding hydrogens is 199 g/mol. The number of phenolic OH excluding ortho intramolecular Hbond substituents is 1. The fourth-order valence-electron chi connectivity index (χ4n) is 0.811. The molecule has 1 aromatic rings.